The number of likely N-dealkylation sites (tertiary alicyclic amines) is 1. The normalized spacial score (nSPS) is 14.9. The van der Waals surface area contributed by atoms with Crippen molar-refractivity contribution in [2.75, 3.05) is 31.6 Å². The predicted molar refractivity (Wildman–Crippen MR) is 96.7 cm³/mol. The van der Waals surface area contributed by atoms with E-state index in [2.05, 4.69) is 22.5 Å². The number of amides is 2. The Labute approximate surface area is 149 Å². The van der Waals surface area contributed by atoms with Gasteiger partial charge < -0.3 is 20.3 Å². The molecule has 1 saturated heterocycles. The van der Waals surface area contributed by atoms with Gasteiger partial charge in [-0.2, -0.15) is 0 Å². The van der Waals surface area contributed by atoms with Crippen LogP contribution >= 0.6 is 0 Å². The maximum Gasteiger partial charge on any atom is 0.409 e. The molecule has 0 saturated carbocycles. The number of unbranched alkanes of at least 4 members (excludes halogenated alkanes) is 1. The number of anilines is 1. The highest BCUT2D eigenvalue weighted by Crippen LogP contribution is 2.16. The lowest BCUT2D eigenvalue weighted by molar-refractivity contribution is 0.0950. The molecule has 1 aliphatic rings. The summed E-state index contributed by atoms with van der Waals surface area (Å²) in [4.78, 5) is 29.9. The van der Waals surface area contributed by atoms with Crippen LogP contribution in [0.4, 0.5) is 10.6 Å². The van der Waals surface area contributed by atoms with Crippen LogP contribution in [0.15, 0.2) is 18.3 Å². The first kappa shape index (κ1) is 19.0. The highest BCUT2D eigenvalue weighted by Gasteiger charge is 2.23. The van der Waals surface area contributed by atoms with Gasteiger partial charge >= 0.3 is 6.09 Å². The molecule has 1 fully saturated rings. The summed E-state index contributed by atoms with van der Waals surface area (Å²) in [5.41, 5.74) is 0.609. The lowest BCUT2D eigenvalue weighted by Crippen LogP contribution is -2.42. The van der Waals surface area contributed by atoms with Crippen LogP contribution in [0.5, 0.6) is 0 Å². The largest absolute Gasteiger partial charge is 0.450 e. The Hall–Kier alpha value is -2.31. The van der Waals surface area contributed by atoms with Crippen molar-refractivity contribution >= 4 is 17.8 Å². The average Bonchev–Trinajstić information content (AvgIpc) is 2.63. The van der Waals surface area contributed by atoms with E-state index in [1.54, 1.807) is 23.2 Å². The second kappa shape index (κ2) is 9.86. The molecule has 7 nitrogen and oxygen atoms in total. The van der Waals surface area contributed by atoms with E-state index in [1.165, 1.54) is 0 Å². The van der Waals surface area contributed by atoms with E-state index in [0.29, 0.717) is 37.6 Å². The summed E-state index contributed by atoms with van der Waals surface area (Å²) in [5.74, 6) is 0.619. The fourth-order valence-corrected chi connectivity index (χ4v) is 2.76. The Morgan fingerprint density at radius 2 is 2.08 bits per heavy atom. The molecule has 7 heteroatoms. The Kier molecular flexibility index (Phi) is 7.50. The molecule has 0 aromatic carbocycles. The van der Waals surface area contributed by atoms with Crippen molar-refractivity contribution in [3.8, 4) is 0 Å². The zero-order valence-electron chi connectivity index (χ0n) is 15.1. The number of nitrogens with one attached hydrogen (secondary N) is 2. The van der Waals surface area contributed by atoms with Crippen LogP contribution < -0.4 is 10.6 Å². The molecule has 0 atom stereocenters. The zero-order valence-corrected chi connectivity index (χ0v) is 15.1. The smallest absolute Gasteiger partial charge is 0.409 e. The standard InChI is InChI=1S/C18H28N4O3/c1-3-5-9-20-17(23)14-6-10-19-16(13-14)21-15-7-11-22(12-8-15)18(24)25-4-2/h6,10,13,15H,3-5,7-9,11-12H2,1-2H3,(H,19,21)(H,20,23). The SMILES string of the molecule is CCCCNC(=O)c1ccnc(NC2CCN(C(=O)OCC)CC2)c1. The summed E-state index contributed by atoms with van der Waals surface area (Å²) in [6.45, 7) is 6.30. The van der Waals surface area contributed by atoms with Crippen molar-refractivity contribution in [3.05, 3.63) is 23.9 Å². The Morgan fingerprint density at radius 1 is 1.32 bits per heavy atom. The number of hydrogen-bond donors (Lipinski definition) is 2. The molecule has 1 aromatic heterocycles. The highest BCUT2D eigenvalue weighted by atomic mass is 16.6. The van der Waals surface area contributed by atoms with Crippen molar-refractivity contribution in [1.29, 1.82) is 0 Å². The first-order chi connectivity index (χ1) is 12.1. The van der Waals surface area contributed by atoms with E-state index in [1.807, 2.05) is 6.92 Å². The van der Waals surface area contributed by atoms with Gasteiger partial charge in [0.2, 0.25) is 0 Å². The second-order valence-corrected chi connectivity index (χ2v) is 6.14. The molecule has 2 amide bonds. The van der Waals surface area contributed by atoms with Crippen molar-refractivity contribution < 1.29 is 14.3 Å². The zero-order chi connectivity index (χ0) is 18.1. The highest BCUT2D eigenvalue weighted by molar-refractivity contribution is 5.94. The maximum atomic E-state index is 12.1. The number of aromatic nitrogens is 1. The summed E-state index contributed by atoms with van der Waals surface area (Å²) in [6.07, 6.45) is 5.07. The van der Waals surface area contributed by atoms with Crippen LogP contribution in [0, 0.1) is 0 Å². The minimum atomic E-state index is -0.246. The summed E-state index contributed by atoms with van der Waals surface area (Å²) in [6, 6.07) is 3.73. The van der Waals surface area contributed by atoms with Crippen LogP contribution in [0.25, 0.3) is 0 Å². The fraction of sp³-hybridized carbons (Fsp3) is 0.611. The summed E-state index contributed by atoms with van der Waals surface area (Å²) < 4.78 is 5.03. The van der Waals surface area contributed by atoms with E-state index < -0.39 is 0 Å². The summed E-state index contributed by atoms with van der Waals surface area (Å²) in [7, 11) is 0. The number of rotatable bonds is 7. The van der Waals surface area contributed by atoms with E-state index >= 15 is 0 Å². The molecule has 0 radical (unpaired) electrons. The minimum Gasteiger partial charge on any atom is -0.450 e. The number of carbonyl (C=O) groups excluding carboxylic acids is 2. The van der Waals surface area contributed by atoms with Crippen LogP contribution in [0.1, 0.15) is 49.9 Å². The van der Waals surface area contributed by atoms with Gasteiger partial charge in [0.1, 0.15) is 5.82 Å². The number of nitrogens with zero attached hydrogens (tertiary/aromatic N) is 2. The topological polar surface area (TPSA) is 83.6 Å². The lowest BCUT2D eigenvalue weighted by atomic mass is 10.1. The molecule has 2 heterocycles. The number of pyridine rings is 1. The van der Waals surface area contributed by atoms with E-state index in [9.17, 15) is 9.59 Å². The molecule has 0 unspecified atom stereocenters. The average molecular weight is 348 g/mol. The molecule has 2 rings (SSSR count). The van der Waals surface area contributed by atoms with E-state index in [-0.39, 0.29) is 18.0 Å². The third-order valence-electron chi connectivity index (χ3n) is 4.21. The van der Waals surface area contributed by atoms with Crippen molar-refractivity contribution in [2.45, 2.75) is 45.6 Å². The Morgan fingerprint density at radius 3 is 2.76 bits per heavy atom. The monoisotopic (exact) mass is 348 g/mol. The van der Waals surface area contributed by atoms with Gasteiger partial charge in [-0.05, 0) is 38.3 Å². The van der Waals surface area contributed by atoms with Gasteiger partial charge in [0, 0.05) is 37.4 Å². The van der Waals surface area contributed by atoms with E-state index in [0.717, 1.165) is 25.7 Å². The van der Waals surface area contributed by atoms with Gasteiger partial charge in [-0.25, -0.2) is 9.78 Å². The second-order valence-electron chi connectivity index (χ2n) is 6.14. The van der Waals surface area contributed by atoms with Crippen molar-refractivity contribution in [2.24, 2.45) is 0 Å². The molecule has 0 spiro atoms. The van der Waals surface area contributed by atoms with Gasteiger partial charge in [-0.15, -0.1) is 0 Å². The summed E-state index contributed by atoms with van der Waals surface area (Å²) in [5, 5.41) is 6.27. The molecule has 1 aliphatic heterocycles. The van der Waals surface area contributed by atoms with Gasteiger partial charge in [-0.3, -0.25) is 4.79 Å². The van der Waals surface area contributed by atoms with E-state index in [4.69, 9.17) is 4.74 Å². The molecule has 138 valence electrons. The van der Waals surface area contributed by atoms with Crippen LogP contribution in [-0.4, -0.2) is 54.2 Å². The fourth-order valence-electron chi connectivity index (χ4n) is 2.76. The van der Waals surface area contributed by atoms with Crippen molar-refractivity contribution in [1.82, 2.24) is 15.2 Å². The Bertz CT molecular complexity index is 571. The third-order valence-corrected chi connectivity index (χ3v) is 4.21. The van der Waals surface area contributed by atoms with Gasteiger partial charge in [0.25, 0.3) is 5.91 Å². The first-order valence-corrected chi connectivity index (χ1v) is 9.06. The molecular formula is C18H28N4O3. The van der Waals surface area contributed by atoms with Crippen molar-refractivity contribution in [3.63, 3.8) is 0 Å². The molecule has 25 heavy (non-hydrogen) atoms. The number of carbonyl (C=O) groups is 2. The van der Waals surface area contributed by atoms with Gasteiger partial charge in [0.15, 0.2) is 0 Å². The summed E-state index contributed by atoms with van der Waals surface area (Å²) >= 11 is 0. The molecule has 0 aliphatic carbocycles. The third kappa shape index (κ3) is 5.92. The number of hydrogen-bond acceptors (Lipinski definition) is 5. The van der Waals surface area contributed by atoms with Crippen LogP contribution in [0.2, 0.25) is 0 Å². The van der Waals surface area contributed by atoms with Crippen LogP contribution in [0.3, 0.4) is 0 Å². The first-order valence-electron chi connectivity index (χ1n) is 9.06. The number of piperidine rings is 1. The predicted octanol–water partition coefficient (Wildman–Crippen LogP) is 2.64. The lowest BCUT2D eigenvalue weighted by Gasteiger charge is -2.31. The quantitative estimate of drug-likeness (QED) is 0.740. The molecule has 0 bridgehead atoms. The maximum absolute atomic E-state index is 12.1. The Balaban J connectivity index is 1.84. The molecular weight excluding hydrogens is 320 g/mol. The van der Waals surface area contributed by atoms with Crippen LogP contribution in [-0.2, 0) is 4.74 Å². The molecule has 2 N–H and O–H groups in total. The van der Waals surface area contributed by atoms with Gasteiger partial charge in [0.05, 0.1) is 6.61 Å². The molecule has 1 aromatic rings. The van der Waals surface area contributed by atoms with Gasteiger partial charge in [-0.1, -0.05) is 13.3 Å². The minimum absolute atomic E-state index is 0.0731. The number of ether oxygens (including phenoxy) is 1.